The van der Waals surface area contributed by atoms with Crippen LogP contribution in [0.5, 0.6) is 0 Å². The molecule has 16 nitrogen and oxygen atoms in total. The van der Waals surface area contributed by atoms with Crippen LogP contribution in [0.3, 0.4) is 0 Å². The maximum absolute atomic E-state index is 14.3. The van der Waals surface area contributed by atoms with Crippen molar-refractivity contribution in [1.82, 2.24) is 34.3 Å². The molecule has 3 saturated heterocycles. The maximum atomic E-state index is 14.3. The summed E-state index contributed by atoms with van der Waals surface area (Å²) in [5.74, 6) is -0.629. The first-order valence-electron chi connectivity index (χ1n) is 22.6. The fourth-order valence-electron chi connectivity index (χ4n) is 9.86. The molecule has 3 N–H and O–H groups in total. The van der Waals surface area contributed by atoms with Crippen LogP contribution in [0.2, 0.25) is 5.02 Å². The third-order valence-electron chi connectivity index (χ3n) is 13.8. The van der Waals surface area contributed by atoms with Crippen molar-refractivity contribution < 1.29 is 22.9 Å². The van der Waals surface area contributed by atoms with Crippen LogP contribution in [-0.2, 0) is 14.8 Å². The monoisotopic (exact) mass is 932 g/mol. The Balaban J connectivity index is 0.890. The van der Waals surface area contributed by atoms with Crippen molar-refractivity contribution >= 4 is 72.2 Å². The number of allylic oxidation sites excluding steroid dienone is 1. The lowest BCUT2D eigenvalue weighted by Crippen LogP contribution is -2.48. The smallest absolute Gasteiger partial charge is 0.293 e. The van der Waals surface area contributed by atoms with E-state index in [1.165, 1.54) is 28.8 Å². The number of nitrogens with zero attached hydrogens (tertiary/aromatic N) is 7. The summed E-state index contributed by atoms with van der Waals surface area (Å²) in [7, 11) is -4.58. The molecule has 3 aromatic carbocycles. The number of carbonyl (C=O) groups excluding carboxylic acids is 1. The minimum atomic E-state index is -4.58. The summed E-state index contributed by atoms with van der Waals surface area (Å²) >= 11 is 6.26. The molecular weight excluding hydrogens is 880 g/mol. The molecule has 4 aliphatic rings. The Labute approximate surface area is 388 Å². The fraction of sp³-hybridized carbons (Fsp3) is 0.396. The Kier molecular flexibility index (Phi) is 11.8. The number of aromatic nitrogens is 4. The highest BCUT2D eigenvalue weighted by Gasteiger charge is 2.34. The first kappa shape index (κ1) is 44.0. The first-order chi connectivity index (χ1) is 31.8. The molecule has 1 unspecified atom stereocenters. The van der Waals surface area contributed by atoms with Gasteiger partial charge in [-0.15, -0.1) is 0 Å². The molecule has 0 radical (unpaired) electrons. The molecular formula is C48H53ClN10O6S. The van der Waals surface area contributed by atoms with Crippen molar-refractivity contribution in [2.75, 3.05) is 75.8 Å². The van der Waals surface area contributed by atoms with Crippen LogP contribution in [0.1, 0.15) is 55.5 Å². The van der Waals surface area contributed by atoms with Gasteiger partial charge in [-0.3, -0.25) is 24.7 Å². The summed E-state index contributed by atoms with van der Waals surface area (Å²) in [5, 5.41) is 21.7. The number of ether oxygens (including phenoxy) is 1. The fourth-order valence-corrected chi connectivity index (χ4v) is 11.0. The number of anilines is 2. The van der Waals surface area contributed by atoms with Gasteiger partial charge in [-0.2, -0.15) is 5.10 Å². The van der Waals surface area contributed by atoms with Crippen molar-refractivity contribution in [1.29, 1.82) is 0 Å². The number of hydrogen-bond acceptors (Lipinski definition) is 12. The van der Waals surface area contributed by atoms with Crippen LogP contribution in [0, 0.1) is 21.4 Å². The molecule has 10 rings (SSSR count). The van der Waals surface area contributed by atoms with Gasteiger partial charge in [-0.1, -0.05) is 43.2 Å². The van der Waals surface area contributed by atoms with Gasteiger partial charge in [0.25, 0.3) is 21.6 Å². The summed E-state index contributed by atoms with van der Waals surface area (Å²) in [4.78, 5) is 40.5. The predicted molar refractivity (Wildman–Crippen MR) is 256 cm³/mol. The van der Waals surface area contributed by atoms with E-state index < -0.39 is 31.4 Å². The number of aromatic amines is 1. The number of piperazine rings is 1. The highest BCUT2D eigenvalue weighted by molar-refractivity contribution is 7.90. The van der Waals surface area contributed by atoms with Gasteiger partial charge in [0, 0.05) is 74.2 Å². The molecule has 0 bridgehead atoms. The van der Waals surface area contributed by atoms with E-state index in [0.29, 0.717) is 35.0 Å². The van der Waals surface area contributed by atoms with E-state index >= 15 is 0 Å². The maximum Gasteiger partial charge on any atom is 0.293 e. The number of halogens is 1. The lowest BCUT2D eigenvalue weighted by atomic mass is 9.72. The van der Waals surface area contributed by atoms with E-state index in [1.54, 1.807) is 23.1 Å². The Hall–Kier alpha value is -5.85. The molecule has 3 fully saturated rings. The Morgan fingerprint density at radius 3 is 2.58 bits per heavy atom. The molecule has 3 aliphatic heterocycles. The Bertz CT molecular complexity index is 2970. The van der Waals surface area contributed by atoms with Crippen LogP contribution in [0.4, 0.5) is 17.1 Å². The lowest BCUT2D eigenvalue weighted by molar-refractivity contribution is -0.384. The second kappa shape index (κ2) is 17.8. The predicted octanol–water partition coefficient (Wildman–Crippen LogP) is 7.50. The molecule has 66 heavy (non-hydrogen) atoms. The minimum absolute atomic E-state index is 0.0499. The summed E-state index contributed by atoms with van der Waals surface area (Å²) < 4.78 is 37.0. The van der Waals surface area contributed by atoms with E-state index in [9.17, 15) is 23.3 Å². The molecule has 1 atom stereocenters. The summed E-state index contributed by atoms with van der Waals surface area (Å²) in [5.41, 5.74) is 7.32. The Morgan fingerprint density at radius 2 is 1.82 bits per heavy atom. The van der Waals surface area contributed by atoms with E-state index in [0.717, 1.165) is 107 Å². The number of amides is 1. The normalized spacial score (nSPS) is 19.7. The van der Waals surface area contributed by atoms with Crippen LogP contribution >= 0.6 is 11.6 Å². The van der Waals surface area contributed by atoms with Crippen LogP contribution in [0.15, 0.2) is 95.7 Å². The second-order valence-corrected chi connectivity index (χ2v) is 21.0. The molecule has 344 valence electrons. The molecule has 0 saturated carbocycles. The number of H-pyrrole nitrogens is 1. The van der Waals surface area contributed by atoms with Gasteiger partial charge in [0.15, 0.2) is 0 Å². The van der Waals surface area contributed by atoms with E-state index in [2.05, 4.69) is 60.8 Å². The van der Waals surface area contributed by atoms with E-state index in [-0.39, 0.29) is 22.6 Å². The Morgan fingerprint density at radius 1 is 1.02 bits per heavy atom. The van der Waals surface area contributed by atoms with E-state index in [1.807, 2.05) is 36.4 Å². The van der Waals surface area contributed by atoms with Gasteiger partial charge in [0.2, 0.25) is 0 Å². The van der Waals surface area contributed by atoms with Crippen LogP contribution in [-0.4, -0.2) is 120 Å². The third-order valence-corrected chi connectivity index (χ3v) is 15.4. The van der Waals surface area contributed by atoms with Gasteiger partial charge in [0.1, 0.15) is 16.9 Å². The largest absolute Gasteiger partial charge is 0.379 e. The molecule has 0 spiro atoms. The van der Waals surface area contributed by atoms with Gasteiger partial charge in [-0.25, -0.2) is 22.8 Å². The standard InChI is InChI=1S/C48H53ClN10O6S/c1-48(2)14-11-34(40(24-48)32-3-5-35(49)6-4-32)28-55-17-19-56(20-18-55)36-7-9-39(43(22-36)58-44-21-33-12-15-50-46(33)53-42(44)26-52-58)47(60)54-66(63,64)38-8-10-41(45(23-38)59(61)62)51-25-31-13-16-57(27-31)37-29-65-30-37/h3-10,12,15,21-23,26,31,37,51H,11,13-14,16-20,24-25,27-30H2,1-2H3,(H,50,53)(H,54,60). The molecule has 18 heteroatoms. The zero-order valence-corrected chi connectivity index (χ0v) is 38.6. The van der Waals surface area contributed by atoms with Crippen molar-refractivity contribution in [3.8, 4) is 5.69 Å². The van der Waals surface area contributed by atoms with Crippen molar-refractivity contribution in [2.24, 2.45) is 11.3 Å². The SMILES string of the molecule is CC1(C)CCC(CN2CCN(c3ccc(C(=O)NS(=O)(=O)c4ccc(NCC5CCN(C6COC6)C5)c([N+](=O)[O-])c4)c(-n4ncc5nc6[nH]ccc6cc54)c3)CC2)=C(c2ccc(Cl)cc2)C1. The zero-order valence-electron chi connectivity index (χ0n) is 37.0. The number of fused-ring (bicyclic) bond motifs is 2. The third kappa shape index (κ3) is 9.01. The molecule has 1 aliphatic carbocycles. The number of nitro groups is 1. The molecule has 1 amide bonds. The number of hydrogen-bond donors (Lipinski definition) is 3. The number of benzene rings is 3. The van der Waals surface area contributed by atoms with Gasteiger partial charge in [0.05, 0.1) is 52.0 Å². The number of pyridine rings is 1. The van der Waals surface area contributed by atoms with E-state index in [4.69, 9.17) is 21.3 Å². The molecule has 6 aromatic rings. The van der Waals surface area contributed by atoms with Crippen molar-refractivity contribution in [3.63, 3.8) is 0 Å². The number of sulfonamides is 1. The van der Waals surface area contributed by atoms with Crippen LogP contribution < -0.4 is 14.9 Å². The molecule has 3 aromatic heterocycles. The number of nitro benzene ring substituents is 1. The second-order valence-electron chi connectivity index (χ2n) is 18.9. The number of rotatable bonds is 13. The van der Waals surface area contributed by atoms with Crippen molar-refractivity contribution in [2.45, 2.75) is 50.5 Å². The van der Waals surface area contributed by atoms with Gasteiger partial charge < -0.3 is 19.9 Å². The van der Waals surface area contributed by atoms with Crippen molar-refractivity contribution in [3.05, 3.63) is 117 Å². The summed E-state index contributed by atoms with van der Waals surface area (Å²) in [6.07, 6.45) is 7.55. The average molecular weight is 934 g/mol. The highest BCUT2D eigenvalue weighted by Crippen LogP contribution is 2.43. The molecule has 6 heterocycles. The van der Waals surface area contributed by atoms with Crippen LogP contribution in [0.25, 0.3) is 33.3 Å². The summed E-state index contributed by atoms with van der Waals surface area (Å²) in [6.45, 7) is 12.4. The summed E-state index contributed by atoms with van der Waals surface area (Å²) in [6, 6.07) is 21.4. The topological polar surface area (TPSA) is 184 Å². The first-order valence-corrected chi connectivity index (χ1v) is 24.4. The van der Waals surface area contributed by atoms with Gasteiger partial charge >= 0.3 is 0 Å². The average Bonchev–Trinajstić information content (AvgIpc) is 4.05. The number of carbonyl (C=O) groups is 1. The van der Waals surface area contributed by atoms with Gasteiger partial charge in [-0.05, 0) is 109 Å². The minimum Gasteiger partial charge on any atom is -0.379 e. The number of likely N-dealkylation sites (tertiary alicyclic amines) is 1. The highest BCUT2D eigenvalue weighted by atomic mass is 35.5. The lowest BCUT2D eigenvalue weighted by Gasteiger charge is -2.39. The quantitative estimate of drug-likeness (QED) is 0.0767. The zero-order chi connectivity index (χ0) is 45.7. The number of nitrogens with one attached hydrogen (secondary N) is 3.